The third kappa shape index (κ3) is 4.91. The molecule has 2 aromatic heterocycles. The van der Waals surface area contributed by atoms with Crippen LogP contribution in [0.2, 0.25) is 5.02 Å². The molecular weight excluding hydrogens is 516 g/mol. The summed E-state index contributed by atoms with van der Waals surface area (Å²) in [6.45, 7) is 7.71. The zero-order valence-electron chi connectivity index (χ0n) is 21.7. The van der Waals surface area contributed by atoms with Crippen molar-refractivity contribution in [1.82, 2.24) is 10.3 Å². The Hall–Kier alpha value is -3.68. The van der Waals surface area contributed by atoms with Gasteiger partial charge in [0, 0.05) is 34.1 Å². The second-order valence-electron chi connectivity index (χ2n) is 9.75. The summed E-state index contributed by atoms with van der Waals surface area (Å²) in [4.78, 5) is 19.0. The maximum absolute atomic E-state index is 12.3. The van der Waals surface area contributed by atoms with Crippen LogP contribution in [0.3, 0.4) is 0 Å². The Labute approximate surface area is 233 Å². The molecule has 2 aromatic carbocycles. The number of benzene rings is 2. The Bertz CT molecular complexity index is 1500. The molecule has 4 aromatic rings. The number of anilines is 2. The number of carbonyl (C=O) groups is 1. The molecule has 0 bridgehead atoms. The lowest BCUT2D eigenvalue weighted by Gasteiger charge is -2.27. The summed E-state index contributed by atoms with van der Waals surface area (Å²) in [5, 5.41) is 7.73. The molecule has 2 atom stereocenters. The number of nitrogens with zero attached hydrogens (tertiary/aromatic N) is 2. The number of halogens is 1. The number of pyridine rings is 1. The SMILES string of the molecule is Cc1cc(N2C(=S)N[C@@H](c3ccccn3)[C@H]2c2ccc(-c3cccc(Cl)c3C)o2)ccc1NC(=O)C(C)C. The Morgan fingerprint density at radius 2 is 1.92 bits per heavy atom. The van der Waals surface area contributed by atoms with Crippen LogP contribution in [0.25, 0.3) is 11.3 Å². The second kappa shape index (κ2) is 10.6. The first-order valence-corrected chi connectivity index (χ1v) is 13.3. The highest BCUT2D eigenvalue weighted by Gasteiger charge is 2.42. The molecule has 194 valence electrons. The van der Waals surface area contributed by atoms with Gasteiger partial charge in [-0.15, -0.1) is 0 Å². The summed E-state index contributed by atoms with van der Waals surface area (Å²) in [5.74, 6) is 1.36. The fraction of sp³-hybridized carbons (Fsp3) is 0.233. The van der Waals surface area contributed by atoms with E-state index in [2.05, 4.69) is 20.5 Å². The van der Waals surface area contributed by atoms with Crippen LogP contribution < -0.4 is 15.5 Å². The predicted octanol–water partition coefficient (Wildman–Crippen LogP) is 7.38. The number of furan rings is 1. The van der Waals surface area contributed by atoms with Crippen molar-refractivity contribution in [2.45, 2.75) is 39.8 Å². The largest absolute Gasteiger partial charge is 0.459 e. The predicted molar refractivity (Wildman–Crippen MR) is 156 cm³/mol. The van der Waals surface area contributed by atoms with Gasteiger partial charge in [0.25, 0.3) is 0 Å². The van der Waals surface area contributed by atoms with Crippen molar-refractivity contribution in [1.29, 1.82) is 0 Å². The van der Waals surface area contributed by atoms with Gasteiger partial charge >= 0.3 is 0 Å². The molecule has 1 aliphatic heterocycles. The van der Waals surface area contributed by atoms with Gasteiger partial charge in [0.1, 0.15) is 17.6 Å². The van der Waals surface area contributed by atoms with Crippen molar-refractivity contribution in [2.24, 2.45) is 5.92 Å². The maximum Gasteiger partial charge on any atom is 0.226 e. The van der Waals surface area contributed by atoms with E-state index in [4.69, 9.17) is 28.2 Å². The van der Waals surface area contributed by atoms with E-state index in [1.807, 2.05) is 94.4 Å². The molecule has 8 heteroatoms. The van der Waals surface area contributed by atoms with E-state index in [0.717, 1.165) is 45.3 Å². The number of nitrogens with one attached hydrogen (secondary N) is 2. The molecular formula is C30H29ClN4O2S. The van der Waals surface area contributed by atoms with Crippen molar-refractivity contribution in [2.75, 3.05) is 10.2 Å². The molecule has 1 amide bonds. The molecule has 0 radical (unpaired) electrons. The van der Waals surface area contributed by atoms with Gasteiger partial charge in [0.15, 0.2) is 5.11 Å². The minimum atomic E-state index is -0.291. The zero-order valence-corrected chi connectivity index (χ0v) is 23.2. The van der Waals surface area contributed by atoms with E-state index in [1.54, 1.807) is 6.20 Å². The Balaban J connectivity index is 1.56. The van der Waals surface area contributed by atoms with E-state index >= 15 is 0 Å². The minimum Gasteiger partial charge on any atom is -0.459 e. The van der Waals surface area contributed by atoms with Gasteiger partial charge < -0.3 is 20.0 Å². The van der Waals surface area contributed by atoms with Crippen LogP contribution in [0.15, 0.2) is 77.3 Å². The van der Waals surface area contributed by atoms with Crippen LogP contribution in [0.4, 0.5) is 11.4 Å². The van der Waals surface area contributed by atoms with E-state index in [1.165, 1.54) is 0 Å². The molecule has 0 spiro atoms. The molecule has 0 unspecified atom stereocenters. The van der Waals surface area contributed by atoms with E-state index in [9.17, 15) is 4.79 Å². The molecule has 1 saturated heterocycles. The van der Waals surface area contributed by atoms with Crippen molar-refractivity contribution in [3.05, 3.63) is 101 Å². The first kappa shape index (κ1) is 25.9. The fourth-order valence-electron chi connectivity index (χ4n) is 4.67. The summed E-state index contributed by atoms with van der Waals surface area (Å²) in [6.07, 6.45) is 1.78. The summed E-state index contributed by atoms with van der Waals surface area (Å²) in [6, 6.07) is 21.0. The van der Waals surface area contributed by atoms with Gasteiger partial charge in [-0.05, 0) is 85.7 Å². The number of hydrogen-bond donors (Lipinski definition) is 2. The van der Waals surface area contributed by atoms with Crippen LogP contribution in [0.1, 0.15) is 48.5 Å². The Kier molecular flexibility index (Phi) is 7.23. The molecule has 3 heterocycles. The van der Waals surface area contributed by atoms with E-state index < -0.39 is 0 Å². The van der Waals surface area contributed by atoms with Gasteiger partial charge in [0.2, 0.25) is 5.91 Å². The van der Waals surface area contributed by atoms with Gasteiger partial charge in [-0.3, -0.25) is 9.78 Å². The van der Waals surface area contributed by atoms with Crippen LogP contribution in [-0.4, -0.2) is 16.0 Å². The molecule has 1 aliphatic rings. The van der Waals surface area contributed by atoms with E-state index in [0.29, 0.717) is 10.1 Å². The van der Waals surface area contributed by atoms with Gasteiger partial charge in [-0.1, -0.05) is 43.6 Å². The normalized spacial score (nSPS) is 17.1. The first-order chi connectivity index (χ1) is 18.2. The summed E-state index contributed by atoms with van der Waals surface area (Å²) < 4.78 is 6.49. The number of amides is 1. The van der Waals surface area contributed by atoms with Crippen molar-refractivity contribution >= 4 is 46.2 Å². The molecule has 2 N–H and O–H groups in total. The summed E-state index contributed by atoms with van der Waals surface area (Å²) >= 11 is 12.2. The lowest BCUT2D eigenvalue weighted by Crippen LogP contribution is -2.29. The highest BCUT2D eigenvalue weighted by molar-refractivity contribution is 7.80. The molecule has 1 fully saturated rings. The fourth-order valence-corrected chi connectivity index (χ4v) is 5.19. The average Bonchev–Trinajstić information content (AvgIpc) is 3.52. The average molecular weight is 545 g/mol. The summed E-state index contributed by atoms with van der Waals surface area (Å²) in [7, 11) is 0. The van der Waals surface area contributed by atoms with Crippen molar-refractivity contribution in [3.8, 4) is 11.3 Å². The zero-order chi connectivity index (χ0) is 27.0. The lowest BCUT2D eigenvalue weighted by molar-refractivity contribution is -0.118. The monoisotopic (exact) mass is 544 g/mol. The molecule has 5 rings (SSSR count). The van der Waals surface area contributed by atoms with Crippen LogP contribution in [-0.2, 0) is 4.79 Å². The van der Waals surface area contributed by atoms with E-state index in [-0.39, 0.29) is 23.9 Å². The van der Waals surface area contributed by atoms with Crippen LogP contribution in [0.5, 0.6) is 0 Å². The van der Waals surface area contributed by atoms with Gasteiger partial charge in [-0.25, -0.2) is 0 Å². The topological polar surface area (TPSA) is 70.4 Å². The number of thiocarbonyl (C=S) groups is 1. The third-order valence-corrected chi connectivity index (χ3v) is 7.54. The number of rotatable bonds is 6. The Morgan fingerprint density at radius 1 is 1.11 bits per heavy atom. The summed E-state index contributed by atoms with van der Waals surface area (Å²) in [5.41, 5.74) is 5.37. The number of aromatic nitrogens is 1. The van der Waals surface area contributed by atoms with Gasteiger partial charge in [0.05, 0.1) is 11.7 Å². The Morgan fingerprint density at radius 3 is 2.63 bits per heavy atom. The first-order valence-electron chi connectivity index (χ1n) is 12.5. The minimum absolute atomic E-state index is 0.0215. The lowest BCUT2D eigenvalue weighted by atomic mass is 10.0. The molecule has 38 heavy (non-hydrogen) atoms. The van der Waals surface area contributed by atoms with Crippen LogP contribution in [0, 0.1) is 19.8 Å². The third-order valence-electron chi connectivity index (χ3n) is 6.82. The maximum atomic E-state index is 12.3. The molecule has 0 aliphatic carbocycles. The van der Waals surface area contributed by atoms with Crippen molar-refractivity contribution < 1.29 is 9.21 Å². The number of aryl methyl sites for hydroxylation is 1. The quantitative estimate of drug-likeness (QED) is 0.247. The highest BCUT2D eigenvalue weighted by atomic mass is 35.5. The van der Waals surface area contributed by atoms with Crippen molar-refractivity contribution in [3.63, 3.8) is 0 Å². The second-order valence-corrected chi connectivity index (χ2v) is 10.5. The van der Waals surface area contributed by atoms with Crippen LogP contribution >= 0.6 is 23.8 Å². The highest BCUT2D eigenvalue weighted by Crippen LogP contribution is 2.44. The molecule has 6 nitrogen and oxygen atoms in total. The number of hydrogen-bond acceptors (Lipinski definition) is 4. The molecule has 0 saturated carbocycles. The van der Waals surface area contributed by atoms with Gasteiger partial charge in [-0.2, -0.15) is 0 Å². The smallest absolute Gasteiger partial charge is 0.226 e. The number of carbonyl (C=O) groups excluding carboxylic acids is 1. The standard InChI is InChI=1S/C30H29ClN4O2S/c1-17(2)29(36)33-23-12-11-20(16-18(23)3)35-28(27(34-30(35)38)24-10-5-6-15-32-24)26-14-13-25(37-26)21-8-7-9-22(31)19(21)4/h5-17,27-28H,1-4H3,(H,33,36)(H,34,38)/t27-,28+/m0/s1.